The zero-order chi connectivity index (χ0) is 34.7. The molecule has 4 unspecified atom stereocenters. The number of benzene rings is 2. The average Bonchev–Trinajstić information content (AvgIpc) is 3.62. The van der Waals surface area contributed by atoms with E-state index in [0.717, 1.165) is 76.3 Å². The largest absolute Gasteiger partial charge is 0.497 e. The van der Waals surface area contributed by atoms with Crippen molar-refractivity contribution in [1.82, 2.24) is 13.6 Å². The maximum Gasteiger partial charge on any atom is 0.314 e. The SMILES string of the molecule is COc1ccc2c(c1)C1CC1(C(=O)O[C@H]1CC3(C)CCC1C3(C)C)Cn1c-2c(C2CCCCC2)c2ccc(C(=O)NS(=O)(=O)N(C)C)cc21. The molecule has 1 N–H and O–H groups in total. The highest BCUT2D eigenvalue weighted by atomic mass is 32.2. The number of nitrogens with zero attached hydrogens (tertiary/aromatic N) is 2. The van der Waals surface area contributed by atoms with Gasteiger partial charge in [-0.25, -0.2) is 4.72 Å². The van der Waals surface area contributed by atoms with Gasteiger partial charge in [0, 0.05) is 54.5 Å². The van der Waals surface area contributed by atoms with E-state index in [1.54, 1.807) is 13.2 Å². The maximum absolute atomic E-state index is 14.7. The van der Waals surface area contributed by atoms with E-state index in [4.69, 9.17) is 9.47 Å². The third-order valence-electron chi connectivity index (χ3n) is 13.7. The van der Waals surface area contributed by atoms with Crippen molar-refractivity contribution in [2.75, 3.05) is 21.2 Å². The minimum absolute atomic E-state index is 0.0156. The molecule has 0 radical (unpaired) electrons. The van der Waals surface area contributed by atoms with Crippen LogP contribution in [0.4, 0.5) is 0 Å². The van der Waals surface area contributed by atoms with Gasteiger partial charge in [-0.05, 0) is 96.7 Å². The Kier molecular flexibility index (Phi) is 7.41. The summed E-state index contributed by atoms with van der Waals surface area (Å²) in [7, 11) is 0.473. The molecule has 8 rings (SSSR count). The molecule has 2 heterocycles. The van der Waals surface area contributed by atoms with Crippen molar-refractivity contribution in [1.29, 1.82) is 0 Å². The van der Waals surface area contributed by atoms with Crippen LogP contribution in [-0.4, -0.2) is 56.5 Å². The summed E-state index contributed by atoms with van der Waals surface area (Å²) in [6, 6.07) is 11.8. The molecule has 5 aliphatic rings. The van der Waals surface area contributed by atoms with Gasteiger partial charge in [0.05, 0.1) is 18.2 Å². The van der Waals surface area contributed by atoms with E-state index in [1.165, 1.54) is 32.5 Å². The molecule has 3 aromatic rings. The third kappa shape index (κ3) is 4.83. The molecule has 4 aliphatic carbocycles. The van der Waals surface area contributed by atoms with Crippen molar-refractivity contribution in [3.05, 3.63) is 53.1 Å². The van der Waals surface area contributed by atoms with Crippen molar-refractivity contribution in [2.45, 2.75) is 103 Å². The second kappa shape index (κ2) is 11.1. The molecule has 2 aromatic carbocycles. The first kappa shape index (κ1) is 32.8. The monoisotopic (exact) mass is 687 g/mol. The van der Waals surface area contributed by atoms with E-state index in [1.807, 2.05) is 18.2 Å². The second-order valence-corrected chi connectivity index (χ2v) is 18.5. The molecule has 2 bridgehead atoms. The molecule has 4 saturated carbocycles. The number of carbonyl (C=O) groups excluding carboxylic acids is 2. The fraction of sp³-hybridized carbons (Fsp3) is 0.590. The number of carbonyl (C=O) groups is 2. The maximum atomic E-state index is 14.7. The summed E-state index contributed by atoms with van der Waals surface area (Å²) in [4.78, 5) is 28.1. The zero-order valence-electron chi connectivity index (χ0n) is 29.6. The number of amides is 1. The summed E-state index contributed by atoms with van der Waals surface area (Å²) in [5.74, 6) is 0.635. The van der Waals surface area contributed by atoms with Crippen molar-refractivity contribution in [3.63, 3.8) is 0 Å². The Morgan fingerprint density at radius 3 is 2.39 bits per heavy atom. The Balaban J connectivity index is 1.28. The van der Waals surface area contributed by atoms with Crippen LogP contribution in [0.3, 0.4) is 0 Å². The fourth-order valence-electron chi connectivity index (χ4n) is 10.3. The molecule has 0 spiro atoms. The van der Waals surface area contributed by atoms with Crippen LogP contribution in [0.15, 0.2) is 36.4 Å². The van der Waals surface area contributed by atoms with Crippen LogP contribution in [0.2, 0.25) is 0 Å². The molecule has 1 aromatic heterocycles. The Labute approximate surface area is 289 Å². The van der Waals surface area contributed by atoms with E-state index in [-0.39, 0.29) is 34.4 Å². The van der Waals surface area contributed by atoms with Crippen molar-refractivity contribution in [3.8, 4) is 17.0 Å². The molecule has 1 aliphatic heterocycles. The van der Waals surface area contributed by atoms with Crippen LogP contribution in [0, 0.1) is 22.2 Å². The van der Waals surface area contributed by atoms with Gasteiger partial charge in [0.1, 0.15) is 11.9 Å². The minimum Gasteiger partial charge on any atom is -0.497 e. The summed E-state index contributed by atoms with van der Waals surface area (Å²) in [5.41, 5.74) is 5.23. The molecule has 262 valence electrons. The van der Waals surface area contributed by atoms with Crippen LogP contribution >= 0.6 is 0 Å². The topological polar surface area (TPSA) is 107 Å². The van der Waals surface area contributed by atoms with Gasteiger partial charge < -0.3 is 14.0 Å². The number of hydrogen-bond donors (Lipinski definition) is 1. The number of fused-ring (bicyclic) bond motifs is 9. The van der Waals surface area contributed by atoms with Gasteiger partial charge in [0.2, 0.25) is 0 Å². The van der Waals surface area contributed by atoms with Gasteiger partial charge >= 0.3 is 16.2 Å². The summed E-state index contributed by atoms with van der Waals surface area (Å²) in [5, 5.41) is 1.06. The second-order valence-electron chi connectivity index (χ2n) is 16.6. The highest BCUT2D eigenvalue weighted by Crippen LogP contribution is 2.69. The molecular weight excluding hydrogens is 639 g/mol. The quantitative estimate of drug-likeness (QED) is 0.265. The van der Waals surface area contributed by atoms with Crippen LogP contribution < -0.4 is 9.46 Å². The van der Waals surface area contributed by atoms with Gasteiger partial charge in [-0.3, -0.25) is 9.59 Å². The van der Waals surface area contributed by atoms with E-state index in [2.05, 4.69) is 42.2 Å². The van der Waals surface area contributed by atoms with Crippen LogP contribution in [-0.2, 0) is 26.3 Å². The lowest BCUT2D eigenvalue weighted by atomic mass is 9.71. The lowest BCUT2D eigenvalue weighted by Crippen LogP contribution is -2.39. The zero-order valence-corrected chi connectivity index (χ0v) is 30.4. The highest BCUT2D eigenvalue weighted by Gasteiger charge is 2.67. The number of rotatable bonds is 7. The van der Waals surface area contributed by atoms with Gasteiger partial charge in [0.25, 0.3) is 5.91 Å². The lowest BCUT2D eigenvalue weighted by Gasteiger charge is -2.33. The number of nitrogens with one attached hydrogen (secondary N) is 1. The van der Waals surface area contributed by atoms with E-state index < -0.39 is 21.5 Å². The van der Waals surface area contributed by atoms with Gasteiger partial charge in [-0.2, -0.15) is 12.7 Å². The Bertz CT molecular complexity index is 1990. The smallest absolute Gasteiger partial charge is 0.314 e. The summed E-state index contributed by atoms with van der Waals surface area (Å²) in [6.07, 6.45) is 9.46. The van der Waals surface area contributed by atoms with Gasteiger partial charge in [-0.15, -0.1) is 0 Å². The molecular formula is C39H49N3O6S. The highest BCUT2D eigenvalue weighted by molar-refractivity contribution is 7.87. The normalized spacial score (nSPS) is 30.0. The molecule has 1 amide bonds. The Hall–Kier alpha value is -3.37. The van der Waals surface area contributed by atoms with E-state index >= 15 is 0 Å². The van der Waals surface area contributed by atoms with Crippen LogP contribution in [0.25, 0.3) is 22.2 Å². The number of hydrogen-bond acceptors (Lipinski definition) is 6. The minimum atomic E-state index is -3.98. The van der Waals surface area contributed by atoms with Gasteiger partial charge in [0.15, 0.2) is 0 Å². The number of aromatic nitrogens is 1. The number of ether oxygens (including phenoxy) is 2. The standard InChI is InChI=1S/C39H49N3O6S/c1-37(2)29-16-17-38(37,3)21-32(29)48-36(44)39-20-30(39)28-19-25(47-6)13-15-26(28)34-33(23-10-8-7-9-11-23)27-14-12-24(18-31(27)42(34)22-39)35(43)40-49(45,46)41(4)5/h12-15,18-19,23,29-30,32H,7-11,16-17,20-22H2,1-6H3,(H,40,43)/t29?,30?,32-,38?,39?/m0/s1. The number of methoxy groups -OCH3 is 1. The van der Waals surface area contributed by atoms with Crippen molar-refractivity contribution in [2.24, 2.45) is 22.2 Å². The first-order valence-corrected chi connectivity index (χ1v) is 19.4. The first-order valence-electron chi connectivity index (χ1n) is 18.0. The van der Waals surface area contributed by atoms with E-state index in [9.17, 15) is 18.0 Å². The molecule has 9 nitrogen and oxygen atoms in total. The molecule has 10 heteroatoms. The van der Waals surface area contributed by atoms with Crippen LogP contribution in [0.5, 0.6) is 5.75 Å². The Morgan fingerprint density at radius 2 is 1.73 bits per heavy atom. The molecule has 0 saturated heterocycles. The summed E-state index contributed by atoms with van der Waals surface area (Å²) >= 11 is 0. The predicted octanol–water partition coefficient (Wildman–Crippen LogP) is 7.15. The fourth-order valence-corrected chi connectivity index (χ4v) is 10.8. The summed E-state index contributed by atoms with van der Waals surface area (Å²) in [6.45, 7) is 7.47. The average molecular weight is 688 g/mol. The number of esters is 1. The van der Waals surface area contributed by atoms with Crippen LogP contribution in [0.1, 0.15) is 112 Å². The van der Waals surface area contributed by atoms with Crippen molar-refractivity contribution < 1.29 is 27.5 Å². The lowest BCUT2D eigenvalue weighted by molar-refractivity contribution is -0.160. The molecule has 5 atom stereocenters. The molecule has 49 heavy (non-hydrogen) atoms. The van der Waals surface area contributed by atoms with E-state index in [0.29, 0.717) is 24.8 Å². The summed E-state index contributed by atoms with van der Waals surface area (Å²) < 4.78 is 43.0. The third-order valence-corrected chi connectivity index (χ3v) is 15.1. The molecule has 4 fully saturated rings. The first-order chi connectivity index (χ1) is 23.2. The Morgan fingerprint density at radius 1 is 0.980 bits per heavy atom. The van der Waals surface area contributed by atoms with Crippen molar-refractivity contribution >= 4 is 33.0 Å². The van der Waals surface area contributed by atoms with Gasteiger partial charge in [-0.1, -0.05) is 46.1 Å². The predicted molar refractivity (Wildman–Crippen MR) is 189 cm³/mol.